The van der Waals surface area contributed by atoms with Gasteiger partial charge in [-0.05, 0) is 62.6 Å². The Hall–Kier alpha value is -2.04. The minimum atomic E-state index is -0.839. The van der Waals surface area contributed by atoms with E-state index in [1.807, 2.05) is 30.3 Å². The molecule has 148 valence electrons. The van der Waals surface area contributed by atoms with Gasteiger partial charge in [0.25, 0.3) is 0 Å². The first-order valence-electron chi connectivity index (χ1n) is 9.69. The van der Waals surface area contributed by atoms with Crippen molar-refractivity contribution < 1.29 is 19.4 Å². The van der Waals surface area contributed by atoms with Crippen LogP contribution in [0.4, 0.5) is 0 Å². The molecule has 28 heavy (non-hydrogen) atoms. The highest BCUT2D eigenvalue weighted by Gasteiger charge is 2.49. The SMILES string of the molecule is C[C@@H]1O[C@@H]2c3cc(CC(=O)O)ccc3OC(C)(C)[C@H]2C[C@@H]1c1ccc(Cl)cc1. The number of aliphatic carboxylic acids is 1. The van der Waals surface area contributed by atoms with Gasteiger partial charge in [-0.2, -0.15) is 0 Å². The van der Waals surface area contributed by atoms with E-state index >= 15 is 0 Å². The lowest BCUT2D eigenvalue weighted by Crippen LogP contribution is -2.50. The minimum Gasteiger partial charge on any atom is -0.487 e. The van der Waals surface area contributed by atoms with E-state index in [-0.39, 0.29) is 36.1 Å². The third-order valence-corrected chi connectivity index (χ3v) is 6.35. The van der Waals surface area contributed by atoms with Crippen LogP contribution in [-0.2, 0) is 16.0 Å². The Morgan fingerprint density at radius 2 is 1.93 bits per heavy atom. The number of ether oxygens (including phenoxy) is 2. The Bertz CT molecular complexity index is 890. The van der Waals surface area contributed by atoms with Crippen molar-refractivity contribution in [3.8, 4) is 5.75 Å². The molecule has 0 aromatic heterocycles. The molecule has 2 aromatic rings. The highest BCUT2D eigenvalue weighted by atomic mass is 35.5. The van der Waals surface area contributed by atoms with Crippen molar-refractivity contribution >= 4 is 17.6 Å². The van der Waals surface area contributed by atoms with Crippen LogP contribution in [0.5, 0.6) is 5.75 Å². The molecule has 4 nitrogen and oxygen atoms in total. The maximum absolute atomic E-state index is 11.1. The van der Waals surface area contributed by atoms with Crippen LogP contribution in [0.3, 0.4) is 0 Å². The number of rotatable bonds is 3. The van der Waals surface area contributed by atoms with Crippen molar-refractivity contribution in [2.75, 3.05) is 0 Å². The van der Waals surface area contributed by atoms with E-state index in [2.05, 4.69) is 32.9 Å². The van der Waals surface area contributed by atoms with Gasteiger partial charge < -0.3 is 14.6 Å². The lowest BCUT2D eigenvalue weighted by Gasteiger charge is -2.50. The summed E-state index contributed by atoms with van der Waals surface area (Å²) in [6, 6.07) is 13.6. The Kier molecular flexibility index (Phi) is 4.88. The van der Waals surface area contributed by atoms with Gasteiger partial charge in [-0.15, -0.1) is 0 Å². The molecule has 2 aliphatic heterocycles. The molecule has 1 N–H and O–H groups in total. The van der Waals surface area contributed by atoms with Gasteiger partial charge in [-0.1, -0.05) is 29.8 Å². The van der Waals surface area contributed by atoms with Crippen molar-refractivity contribution in [2.45, 2.75) is 57.3 Å². The number of benzene rings is 2. The molecule has 4 rings (SSSR count). The highest BCUT2D eigenvalue weighted by Crippen LogP contribution is 2.53. The van der Waals surface area contributed by atoms with Crippen LogP contribution >= 0.6 is 11.6 Å². The number of carbonyl (C=O) groups is 1. The van der Waals surface area contributed by atoms with Gasteiger partial charge in [0.2, 0.25) is 0 Å². The van der Waals surface area contributed by atoms with Gasteiger partial charge >= 0.3 is 5.97 Å². The average molecular weight is 401 g/mol. The molecule has 1 fully saturated rings. The van der Waals surface area contributed by atoms with Crippen molar-refractivity contribution in [2.24, 2.45) is 5.92 Å². The Morgan fingerprint density at radius 1 is 1.21 bits per heavy atom. The van der Waals surface area contributed by atoms with Crippen LogP contribution < -0.4 is 4.74 Å². The summed E-state index contributed by atoms with van der Waals surface area (Å²) >= 11 is 6.06. The van der Waals surface area contributed by atoms with Gasteiger partial charge in [-0.3, -0.25) is 4.79 Å². The van der Waals surface area contributed by atoms with Gasteiger partial charge in [0.15, 0.2) is 0 Å². The van der Waals surface area contributed by atoms with Crippen LogP contribution in [0.25, 0.3) is 0 Å². The topological polar surface area (TPSA) is 55.8 Å². The first kappa shape index (κ1) is 19.3. The van der Waals surface area contributed by atoms with Gasteiger partial charge in [0, 0.05) is 22.4 Å². The molecule has 4 atom stereocenters. The highest BCUT2D eigenvalue weighted by molar-refractivity contribution is 6.30. The molecule has 0 saturated carbocycles. The van der Waals surface area contributed by atoms with Crippen LogP contribution in [0.15, 0.2) is 42.5 Å². The monoisotopic (exact) mass is 400 g/mol. The Balaban J connectivity index is 1.69. The molecule has 0 amide bonds. The third kappa shape index (κ3) is 3.51. The lowest BCUT2D eigenvalue weighted by molar-refractivity contribution is -0.153. The lowest BCUT2D eigenvalue weighted by atomic mass is 9.70. The molecule has 2 aromatic carbocycles. The second-order valence-electron chi connectivity index (χ2n) is 8.41. The molecule has 0 unspecified atom stereocenters. The molecule has 2 heterocycles. The molecule has 0 bridgehead atoms. The number of hydrogen-bond acceptors (Lipinski definition) is 3. The number of carboxylic acid groups (broad SMARTS) is 1. The zero-order chi connectivity index (χ0) is 20.1. The normalized spacial score (nSPS) is 28.0. The van der Waals surface area contributed by atoms with E-state index in [9.17, 15) is 4.79 Å². The van der Waals surface area contributed by atoms with Crippen molar-refractivity contribution in [1.29, 1.82) is 0 Å². The second-order valence-corrected chi connectivity index (χ2v) is 8.85. The predicted octanol–water partition coefficient (Wildman–Crippen LogP) is 5.39. The fourth-order valence-electron chi connectivity index (χ4n) is 4.62. The van der Waals surface area contributed by atoms with Crippen molar-refractivity contribution in [3.63, 3.8) is 0 Å². The largest absolute Gasteiger partial charge is 0.487 e. The van der Waals surface area contributed by atoms with Gasteiger partial charge in [0.05, 0.1) is 18.6 Å². The molecule has 0 radical (unpaired) electrons. The predicted molar refractivity (Wildman–Crippen MR) is 108 cm³/mol. The fourth-order valence-corrected chi connectivity index (χ4v) is 4.75. The molecule has 0 aliphatic carbocycles. The molecule has 2 aliphatic rings. The number of hydrogen-bond donors (Lipinski definition) is 1. The van der Waals surface area contributed by atoms with E-state index in [0.717, 1.165) is 28.3 Å². The zero-order valence-electron chi connectivity index (χ0n) is 16.3. The molecular weight excluding hydrogens is 376 g/mol. The Labute approximate surface area is 170 Å². The van der Waals surface area contributed by atoms with Gasteiger partial charge in [-0.25, -0.2) is 0 Å². The summed E-state index contributed by atoms with van der Waals surface area (Å²) in [7, 11) is 0. The molecular formula is C23H25ClO4. The van der Waals surface area contributed by atoms with E-state index < -0.39 is 5.97 Å². The summed E-state index contributed by atoms with van der Waals surface area (Å²) in [6.45, 7) is 6.33. The quantitative estimate of drug-likeness (QED) is 0.750. The van der Waals surface area contributed by atoms with E-state index in [1.54, 1.807) is 0 Å². The zero-order valence-corrected chi connectivity index (χ0v) is 17.1. The number of carboxylic acids is 1. The second kappa shape index (κ2) is 7.09. The van der Waals surface area contributed by atoms with E-state index in [4.69, 9.17) is 26.2 Å². The maximum Gasteiger partial charge on any atom is 0.307 e. The minimum absolute atomic E-state index is 0.00296. The first-order chi connectivity index (χ1) is 13.2. The van der Waals surface area contributed by atoms with Crippen molar-refractivity contribution in [1.82, 2.24) is 0 Å². The van der Waals surface area contributed by atoms with Gasteiger partial charge in [0.1, 0.15) is 11.4 Å². The smallest absolute Gasteiger partial charge is 0.307 e. The summed E-state index contributed by atoms with van der Waals surface area (Å²) < 4.78 is 12.9. The van der Waals surface area contributed by atoms with Crippen molar-refractivity contribution in [3.05, 3.63) is 64.2 Å². The van der Waals surface area contributed by atoms with Crippen LogP contribution in [0.2, 0.25) is 5.02 Å². The number of halogens is 1. The van der Waals surface area contributed by atoms with Crippen LogP contribution in [0.1, 0.15) is 55.9 Å². The first-order valence-corrected chi connectivity index (χ1v) is 10.1. The molecule has 0 spiro atoms. The molecule has 1 saturated heterocycles. The summed E-state index contributed by atoms with van der Waals surface area (Å²) in [4.78, 5) is 11.1. The number of fused-ring (bicyclic) bond motifs is 3. The fraction of sp³-hybridized carbons (Fsp3) is 0.435. The average Bonchev–Trinajstić information content (AvgIpc) is 2.62. The summed E-state index contributed by atoms with van der Waals surface area (Å²) in [5, 5.41) is 9.87. The molecule has 5 heteroatoms. The van der Waals surface area contributed by atoms with Crippen LogP contribution in [0, 0.1) is 5.92 Å². The van der Waals surface area contributed by atoms with E-state index in [1.165, 1.54) is 5.56 Å². The summed E-state index contributed by atoms with van der Waals surface area (Å²) in [6.07, 6.45) is 0.860. The summed E-state index contributed by atoms with van der Waals surface area (Å²) in [5.74, 6) is 0.369. The maximum atomic E-state index is 11.1. The van der Waals surface area contributed by atoms with Crippen LogP contribution in [-0.4, -0.2) is 22.8 Å². The van der Waals surface area contributed by atoms with E-state index in [0.29, 0.717) is 0 Å². The standard InChI is InChI=1S/C23H25ClO4/c1-13-17(15-5-7-16(24)8-6-15)12-19-22(27-13)18-10-14(11-21(25)26)4-9-20(18)28-23(19,2)3/h4-10,13,17,19,22H,11-12H2,1-3H3,(H,25,26)/t13-,17-,19-,22+/m0/s1. The third-order valence-electron chi connectivity index (χ3n) is 6.10. The Morgan fingerprint density at radius 3 is 2.61 bits per heavy atom. The summed E-state index contributed by atoms with van der Waals surface area (Å²) in [5.41, 5.74) is 2.57.